The zero-order valence-corrected chi connectivity index (χ0v) is 25.9. The molecule has 4 aromatic rings. The van der Waals surface area contributed by atoms with Gasteiger partial charge >= 0.3 is 0 Å². The molecule has 1 aliphatic heterocycles. The van der Waals surface area contributed by atoms with Gasteiger partial charge in [-0.2, -0.15) is 5.10 Å². The Morgan fingerprint density at radius 1 is 1.16 bits per heavy atom. The van der Waals surface area contributed by atoms with Crippen LogP contribution in [-0.2, 0) is 31.4 Å². The van der Waals surface area contributed by atoms with E-state index in [0.29, 0.717) is 29.7 Å². The fraction of sp³-hybridized carbons (Fsp3) is 0.375. The van der Waals surface area contributed by atoms with Crippen molar-refractivity contribution in [2.24, 2.45) is 5.73 Å². The lowest BCUT2D eigenvalue weighted by molar-refractivity contribution is -0.142. The monoisotopic (exact) mass is 615 g/mol. The summed E-state index contributed by atoms with van der Waals surface area (Å²) in [5.41, 5.74) is 8.61. The molecule has 0 radical (unpaired) electrons. The maximum atomic E-state index is 14.4. The summed E-state index contributed by atoms with van der Waals surface area (Å²) >= 11 is 0. The Morgan fingerprint density at radius 2 is 1.89 bits per heavy atom. The SMILES string of the molecule is Cc1cn2nc([C@H](C)N(C)C(=O)C3(NC(=O)CS(=O)(=O)c4ccccc4)CCc4ccccc43)cc2nc1N1CC[C@H](N)C1. The van der Waals surface area contributed by atoms with E-state index in [-0.39, 0.29) is 16.8 Å². The molecule has 1 unspecified atom stereocenters. The van der Waals surface area contributed by atoms with Gasteiger partial charge in [-0.1, -0.05) is 42.5 Å². The first kappa shape index (κ1) is 29.8. The van der Waals surface area contributed by atoms with Gasteiger partial charge in [-0.05, 0) is 56.4 Å². The second-order valence-corrected chi connectivity index (χ2v) is 13.9. The average molecular weight is 616 g/mol. The number of hydrogen-bond donors (Lipinski definition) is 2. The highest BCUT2D eigenvalue weighted by atomic mass is 32.2. The van der Waals surface area contributed by atoms with Crippen molar-refractivity contribution >= 4 is 33.1 Å². The Balaban J connectivity index is 1.28. The predicted octanol–water partition coefficient (Wildman–Crippen LogP) is 2.53. The van der Waals surface area contributed by atoms with E-state index < -0.39 is 33.1 Å². The highest BCUT2D eigenvalue weighted by molar-refractivity contribution is 7.92. The van der Waals surface area contributed by atoms with Crippen LogP contribution in [-0.4, -0.2) is 71.7 Å². The Hall–Kier alpha value is -4.29. The summed E-state index contributed by atoms with van der Waals surface area (Å²) in [4.78, 5) is 36.5. The van der Waals surface area contributed by atoms with Gasteiger partial charge in [0.1, 0.15) is 17.1 Å². The molecule has 12 heteroatoms. The van der Waals surface area contributed by atoms with Crippen LogP contribution in [0.4, 0.5) is 5.82 Å². The molecular formula is C32H37N7O4S. The number of sulfone groups is 1. The van der Waals surface area contributed by atoms with Crippen LogP contribution in [0.15, 0.2) is 71.8 Å². The van der Waals surface area contributed by atoms with Crippen molar-refractivity contribution in [2.45, 2.75) is 55.6 Å². The molecule has 2 amide bonds. The molecule has 1 fully saturated rings. The second-order valence-electron chi connectivity index (χ2n) is 11.9. The molecule has 44 heavy (non-hydrogen) atoms. The van der Waals surface area contributed by atoms with Crippen molar-refractivity contribution < 1.29 is 18.0 Å². The minimum atomic E-state index is -3.91. The molecule has 1 saturated heterocycles. The zero-order chi connectivity index (χ0) is 31.2. The van der Waals surface area contributed by atoms with Crippen LogP contribution in [0.5, 0.6) is 0 Å². The molecule has 2 aromatic carbocycles. The smallest absolute Gasteiger partial charge is 0.253 e. The van der Waals surface area contributed by atoms with Crippen LogP contribution in [0.2, 0.25) is 0 Å². The minimum absolute atomic E-state index is 0.0551. The highest BCUT2D eigenvalue weighted by Gasteiger charge is 2.49. The topological polar surface area (TPSA) is 143 Å². The molecule has 3 N–H and O–H groups in total. The van der Waals surface area contributed by atoms with Crippen molar-refractivity contribution in [2.75, 3.05) is 30.8 Å². The Bertz CT molecular complexity index is 1840. The summed E-state index contributed by atoms with van der Waals surface area (Å²) in [5, 5.41) is 7.62. The summed E-state index contributed by atoms with van der Waals surface area (Å²) in [5.74, 6) is -0.964. The van der Waals surface area contributed by atoms with Gasteiger partial charge in [0.05, 0.1) is 16.6 Å². The molecule has 1 aliphatic carbocycles. The number of hydrogen-bond acceptors (Lipinski definition) is 8. The van der Waals surface area contributed by atoms with Crippen LogP contribution in [0.3, 0.4) is 0 Å². The Labute approximate surface area is 257 Å². The van der Waals surface area contributed by atoms with E-state index in [4.69, 9.17) is 15.8 Å². The standard InChI is InChI=1S/C32H37N7O4S/c1-21-18-39-28(34-30(21)38-16-14-24(33)19-38)17-27(36-39)22(2)37(3)31(41)32(15-13-23-9-7-8-12-26(23)32)35-29(40)20-44(42,43)25-10-5-4-6-11-25/h4-12,17-18,22,24H,13-16,19-20,33H2,1-3H3,(H,35,40)/t22-,24-,32?/m0/s1. The van der Waals surface area contributed by atoms with Gasteiger partial charge < -0.3 is 20.9 Å². The molecule has 0 saturated carbocycles. The van der Waals surface area contributed by atoms with E-state index >= 15 is 0 Å². The van der Waals surface area contributed by atoms with Gasteiger partial charge in [-0.3, -0.25) is 9.59 Å². The number of benzene rings is 2. The number of carbonyl (C=O) groups is 2. The molecular weight excluding hydrogens is 578 g/mol. The first-order chi connectivity index (χ1) is 21.0. The number of aryl methyl sites for hydroxylation is 2. The van der Waals surface area contributed by atoms with Crippen molar-refractivity contribution in [3.63, 3.8) is 0 Å². The van der Waals surface area contributed by atoms with Gasteiger partial charge in [0.2, 0.25) is 5.91 Å². The number of nitrogens with one attached hydrogen (secondary N) is 1. The van der Waals surface area contributed by atoms with E-state index in [1.165, 1.54) is 12.1 Å². The quantitative estimate of drug-likeness (QED) is 0.308. The number of aromatic nitrogens is 3. The van der Waals surface area contributed by atoms with Crippen molar-refractivity contribution in [3.05, 3.63) is 89.2 Å². The molecule has 2 aliphatic rings. The second kappa shape index (κ2) is 11.3. The third-order valence-electron chi connectivity index (χ3n) is 8.87. The van der Waals surface area contributed by atoms with E-state index in [9.17, 15) is 18.0 Å². The Kier molecular flexibility index (Phi) is 7.66. The summed E-state index contributed by atoms with van der Waals surface area (Å²) in [6, 6.07) is 16.8. The number of nitrogens with zero attached hydrogens (tertiary/aromatic N) is 5. The molecule has 3 heterocycles. The number of anilines is 1. The lowest BCUT2D eigenvalue weighted by atomic mass is 9.89. The van der Waals surface area contributed by atoms with Crippen molar-refractivity contribution in [1.29, 1.82) is 0 Å². The summed E-state index contributed by atoms with van der Waals surface area (Å²) in [6.45, 7) is 5.47. The number of amides is 2. The third kappa shape index (κ3) is 5.32. The maximum Gasteiger partial charge on any atom is 0.253 e. The van der Waals surface area contributed by atoms with Gasteiger partial charge in [0, 0.05) is 44.0 Å². The van der Waals surface area contributed by atoms with Crippen LogP contribution in [0.25, 0.3) is 5.65 Å². The fourth-order valence-corrected chi connectivity index (χ4v) is 7.53. The number of carbonyl (C=O) groups excluding carboxylic acids is 2. The van der Waals surface area contributed by atoms with Crippen LogP contribution < -0.4 is 16.0 Å². The molecule has 2 aromatic heterocycles. The van der Waals surface area contributed by atoms with Crippen LogP contribution in [0, 0.1) is 6.92 Å². The summed E-state index contributed by atoms with van der Waals surface area (Å²) in [6.07, 6.45) is 3.73. The number of rotatable bonds is 8. The summed E-state index contributed by atoms with van der Waals surface area (Å²) < 4.78 is 27.7. The van der Waals surface area contributed by atoms with Gasteiger partial charge in [-0.15, -0.1) is 0 Å². The van der Waals surface area contributed by atoms with Gasteiger partial charge in [0.15, 0.2) is 15.5 Å². The first-order valence-electron chi connectivity index (χ1n) is 14.8. The van der Waals surface area contributed by atoms with Crippen LogP contribution >= 0.6 is 0 Å². The van der Waals surface area contributed by atoms with Crippen molar-refractivity contribution in [3.8, 4) is 0 Å². The first-order valence-corrected chi connectivity index (χ1v) is 16.5. The molecule has 6 rings (SSSR count). The molecule has 0 spiro atoms. The fourth-order valence-electron chi connectivity index (χ4n) is 6.37. The van der Waals surface area contributed by atoms with E-state index in [1.807, 2.05) is 50.4 Å². The summed E-state index contributed by atoms with van der Waals surface area (Å²) in [7, 11) is -2.23. The van der Waals surface area contributed by atoms with E-state index in [2.05, 4.69) is 10.2 Å². The lowest BCUT2D eigenvalue weighted by Gasteiger charge is -2.36. The number of likely N-dealkylation sites (N-methyl/N-ethyl adjacent to an activating group) is 1. The van der Waals surface area contributed by atoms with E-state index in [0.717, 1.165) is 36.5 Å². The largest absolute Gasteiger partial charge is 0.355 e. The molecule has 230 valence electrons. The highest BCUT2D eigenvalue weighted by Crippen LogP contribution is 2.40. The Morgan fingerprint density at radius 3 is 2.61 bits per heavy atom. The van der Waals surface area contributed by atoms with Crippen LogP contribution in [0.1, 0.15) is 48.2 Å². The minimum Gasteiger partial charge on any atom is -0.355 e. The maximum absolute atomic E-state index is 14.4. The van der Waals surface area contributed by atoms with E-state index in [1.54, 1.807) is 34.7 Å². The lowest BCUT2D eigenvalue weighted by Crippen LogP contribution is -2.56. The molecule has 0 bridgehead atoms. The third-order valence-corrected chi connectivity index (χ3v) is 10.5. The zero-order valence-electron chi connectivity index (χ0n) is 25.1. The average Bonchev–Trinajstić information content (AvgIpc) is 3.73. The van der Waals surface area contributed by atoms with Gasteiger partial charge in [-0.25, -0.2) is 17.9 Å². The van der Waals surface area contributed by atoms with Crippen molar-refractivity contribution in [1.82, 2.24) is 24.8 Å². The number of nitrogens with two attached hydrogens (primary N) is 1. The molecule has 11 nitrogen and oxygen atoms in total. The number of fused-ring (bicyclic) bond motifs is 2. The normalized spacial score (nSPS) is 20.5. The molecule has 3 atom stereocenters. The predicted molar refractivity (Wildman–Crippen MR) is 167 cm³/mol. The van der Waals surface area contributed by atoms with Gasteiger partial charge in [0.25, 0.3) is 5.91 Å².